The average Bonchev–Trinajstić information content (AvgIpc) is 2.87. The third kappa shape index (κ3) is 4.10. The Hall–Kier alpha value is -2.25. The SMILES string of the molecule is Cc1cc(SCC(=O)Nc2c(C)n(C)n(-c3ccccc3)c2=O)c(C)cc1Br. The molecule has 0 radical (unpaired) electrons. The zero-order valence-electron chi connectivity index (χ0n) is 16.2. The minimum atomic E-state index is -0.236. The number of benzene rings is 2. The van der Waals surface area contributed by atoms with Gasteiger partial charge in [0.05, 0.1) is 17.1 Å². The minimum absolute atomic E-state index is 0.198. The molecule has 0 fully saturated rings. The molecule has 0 aliphatic carbocycles. The van der Waals surface area contributed by atoms with E-state index >= 15 is 0 Å². The monoisotopic (exact) mass is 459 g/mol. The van der Waals surface area contributed by atoms with Gasteiger partial charge in [0.15, 0.2) is 0 Å². The van der Waals surface area contributed by atoms with Gasteiger partial charge >= 0.3 is 0 Å². The van der Waals surface area contributed by atoms with E-state index in [0.717, 1.165) is 26.2 Å². The van der Waals surface area contributed by atoms with E-state index in [0.29, 0.717) is 11.4 Å². The summed E-state index contributed by atoms with van der Waals surface area (Å²) < 4.78 is 4.36. The summed E-state index contributed by atoms with van der Waals surface area (Å²) in [6.07, 6.45) is 0. The van der Waals surface area contributed by atoms with Gasteiger partial charge in [0.25, 0.3) is 5.56 Å². The maximum atomic E-state index is 12.9. The van der Waals surface area contributed by atoms with Crippen molar-refractivity contribution in [3.05, 3.63) is 74.1 Å². The van der Waals surface area contributed by atoms with Crippen LogP contribution in [0.25, 0.3) is 5.69 Å². The summed E-state index contributed by atoms with van der Waals surface area (Å²) in [6.45, 7) is 5.86. The van der Waals surface area contributed by atoms with Crippen molar-refractivity contribution in [3.8, 4) is 5.69 Å². The lowest BCUT2D eigenvalue weighted by atomic mass is 10.2. The maximum absolute atomic E-state index is 12.9. The van der Waals surface area contributed by atoms with Gasteiger partial charge < -0.3 is 5.32 Å². The highest BCUT2D eigenvalue weighted by atomic mass is 79.9. The van der Waals surface area contributed by atoms with Gasteiger partial charge in [-0.05, 0) is 56.2 Å². The molecular weight excluding hydrogens is 438 g/mol. The van der Waals surface area contributed by atoms with E-state index in [1.54, 1.807) is 9.36 Å². The molecule has 1 heterocycles. The molecule has 2 aromatic carbocycles. The van der Waals surface area contributed by atoms with Crippen molar-refractivity contribution in [3.63, 3.8) is 0 Å². The number of nitrogens with one attached hydrogen (secondary N) is 1. The molecule has 3 aromatic rings. The fourth-order valence-electron chi connectivity index (χ4n) is 2.94. The zero-order chi connectivity index (χ0) is 20.4. The van der Waals surface area contributed by atoms with Crippen LogP contribution < -0.4 is 10.9 Å². The first-order valence-corrected chi connectivity index (χ1v) is 10.6. The second kappa shape index (κ2) is 8.41. The van der Waals surface area contributed by atoms with Gasteiger partial charge in [-0.25, -0.2) is 4.68 Å². The molecule has 3 rings (SSSR count). The standard InChI is InChI=1S/C21H22BrN3O2S/c1-13-11-18(14(2)10-17(13)22)28-12-19(26)23-20-15(3)24(4)25(21(20)27)16-8-6-5-7-9-16/h5-11H,12H2,1-4H3,(H,23,26). The van der Waals surface area contributed by atoms with Gasteiger partial charge in [0, 0.05) is 16.4 Å². The number of thioether (sulfide) groups is 1. The van der Waals surface area contributed by atoms with Gasteiger partial charge in [-0.15, -0.1) is 11.8 Å². The Labute approximate surface area is 176 Å². The molecule has 146 valence electrons. The predicted octanol–water partition coefficient (Wildman–Crippen LogP) is 4.59. The summed E-state index contributed by atoms with van der Waals surface area (Å²) in [6, 6.07) is 13.5. The molecule has 1 amide bonds. The smallest absolute Gasteiger partial charge is 0.295 e. The molecule has 7 heteroatoms. The predicted molar refractivity (Wildman–Crippen MR) is 119 cm³/mol. The number of halogens is 1. The van der Waals surface area contributed by atoms with Crippen LogP contribution >= 0.6 is 27.7 Å². The van der Waals surface area contributed by atoms with Crippen LogP contribution in [0.2, 0.25) is 0 Å². The molecule has 28 heavy (non-hydrogen) atoms. The Morgan fingerprint density at radius 3 is 2.46 bits per heavy atom. The number of carbonyl (C=O) groups is 1. The number of anilines is 1. The lowest BCUT2D eigenvalue weighted by molar-refractivity contribution is -0.113. The van der Waals surface area contributed by atoms with Crippen LogP contribution in [-0.4, -0.2) is 21.0 Å². The van der Waals surface area contributed by atoms with Crippen LogP contribution in [0.5, 0.6) is 0 Å². The molecule has 1 N–H and O–H groups in total. The molecular formula is C21H22BrN3O2S. The normalized spacial score (nSPS) is 10.9. The second-order valence-electron chi connectivity index (χ2n) is 6.64. The van der Waals surface area contributed by atoms with Crippen molar-refractivity contribution in [1.82, 2.24) is 9.36 Å². The van der Waals surface area contributed by atoms with Crippen molar-refractivity contribution in [2.75, 3.05) is 11.1 Å². The molecule has 0 spiro atoms. The summed E-state index contributed by atoms with van der Waals surface area (Å²) >= 11 is 4.99. The van der Waals surface area contributed by atoms with E-state index in [-0.39, 0.29) is 17.2 Å². The number of aromatic nitrogens is 2. The van der Waals surface area contributed by atoms with Crippen LogP contribution in [0.3, 0.4) is 0 Å². The number of nitrogens with zero attached hydrogens (tertiary/aromatic N) is 2. The third-order valence-corrected chi connectivity index (χ3v) is 6.65. The maximum Gasteiger partial charge on any atom is 0.295 e. The van der Waals surface area contributed by atoms with E-state index in [4.69, 9.17) is 0 Å². The van der Waals surface area contributed by atoms with Crippen LogP contribution in [0.15, 0.2) is 56.6 Å². The first-order valence-electron chi connectivity index (χ1n) is 8.83. The Balaban J connectivity index is 1.78. The quantitative estimate of drug-likeness (QED) is 0.567. The number of carbonyl (C=O) groups excluding carboxylic acids is 1. The average molecular weight is 460 g/mol. The van der Waals surface area contributed by atoms with E-state index < -0.39 is 0 Å². The number of hydrogen-bond acceptors (Lipinski definition) is 3. The lowest BCUT2D eigenvalue weighted by Gasteiger charge is -2.09. The molecule has 5 nitrogen and oxygen atoms in total. The van der Waals surface area contributed by atoms with Gasteiger partial charge in [-0.3, -0.25) is 14.3 Å². The highest BCUT2D eigenvalue weighted by Gasteiger charge is 2.18. The fourth-order valence-corrected chi connectivity index (χ4v) is 4.30. The largest absolute Gasteiger partial charge is 0.319 e. The highest BCUT2D eigenvalue weighted by molar-refractivity contribution is 9.10. The van der Waals surface area contributed by atoms with Gasteiger partial charge in [0.1, 0.15) is 5.69 Å². The third-order valence-electron chi connectivity index (χ3n) is 4.63. The molecule has 0 bridgehead atoms. The van der Waals surface area contributed by atoms with Crippen molar-refractivity contribution in [2.45, 2.75) is 25.7 Å². The molecule has 0 saturated carbocycles. The molecule has 0 atom stereocenters. The summed E-state index contributed by atoms with van der Waals surface area (Å²) in [4.78, 5) is 26.4. The summed E-state index contributed by atoms with van der Waals surface area (Å²) in [5, 5.41) is 2.80. The zero-order valence-corrected chi connectivity index (χ0v) is 18.6. The van der Waals surface area contributed by atoms with Crippen LogP contribution in [-0.2, 0) is 11.8 Å². The Morgan fingerprint density at radius 2 is 1.79 bits per heavy atom. The fraction of sp³-hybridized carbons (Fsp3) is 0.238. The molecule has 0 unspecified atom stereocenters. The lowest BCUT2D eigenvalue weighted by Crippen LogP contribution is -2.23. The first kappa shape index (κ1) is 20.5. The van der Waals surface area contributed by atoms with Crippen molar-refractivity contribution in [1.29, 1.82) is 0 Å². The van der Waals surface area contributed by atoms with E-state index in [1.165, 1.54) is 11.8 Å². The van der Waals surface area contributed by atoms with Gasteiger partial charge in [-0.2, -0.15) is 0 Å². The number of para-hydroxylation sites is 1. The van der Waals surface area contributed by atoms with Crippen molar-refractivity contribution in [2.24, 2.45) is 7.05 Å². The first-order chi connectivity index (χ1) is 13.3. The van der Waals surface area contributed by atoms with Crippen LogP contribution in [0.1, 0.15) is 16.8 Å². The summed E-state index contributed by atoms with van der Waals surface area (Å²) in [5.41, 5.74) is 3.79. The second-order valence-corrected chi connectivity index (χ2v) is 8.51. The summed E-state index contributed by atoms with van der Waals surface area (Å²) in [7, 11) is 1.81. The van der Waals surface area contributed by atoms with Crippen LogP contribution in [0.4, 0.5) is 5.69 Å². The number of hydrogen-bond donors (Lipinski definition) is 1. The molecule has 1 aromatic heterocycles. The van der Waals surface area contributed by atoms with E-state index in [1.807, 2.05) is 58.2 Å². The van der Waals surface area contributed by atoms with Crippen LogP contribution in [0, 0.1) is 20.8 Å². The molecule has 0 aliphatic rings. The molecule has 0 saturated heterocycles. The van der Waals surface area contributed by atoms with E-state index in [2.05, 4.69) is 33.4 Å². The summed E-state index contributed by atoms with van der Waals surface area (Å²) in [5.74, 6) is 0.0390. The topological polar surface area (TPSA) is 56.0 Å². The van der Waals surface area contributed by atoms with Gasteiger partial charge in [-0.1, -0.05) is 34.1 Å². The number of aryl methyl sites for hydroxylation is 2. The van der Waals surface area contributed by atoms with Crippen molar-refractivity contribution < 1.29 is 4.79 Å². The number of rotatable bonds is 5. The van der Waals surface area contributed by atoms with Gasteiger partial charge in [0.2, 0.25) is 5.91 Å². The Morgan fingerprint density at radius 1 is 1.11 bits per heavy atom. The van der Waals surface area contributed by atoms with E-state index in [9.17, 15) is 9.59 Å². The Bertz CT molecular complexity index is 1090. The Kier molecular flexibility index (Phi) is 6.15. The highest BCUT2D eigenvalue weighted by Crippen LogP contribution is 2.28. The van der Waals surface area contributed by atoms with Crippen molar-refractivity contribution >= 4 is 39.3 Å². The number of amides is 1. The minimum Gasteiger partial charge on any atom is -0.319 e. The molecule has 0 aliphatic heterocycles.